The van der Waals surface area contributed by atoms with Gasteiger partial charge >= 0.3 is 11.9 Å². The van der Waals surface area contributed by atoms with Gasteiger partial charge in [0.15, 0.2) is 6.61 Å². The van der Waals surface area contributed by atoms with Crippen LogP contribution in [0.15, 0.2) is 53.6 Å². The minimum absolute atomic E-state index is 0.306. The Kier molecular flexibility index (Phi) is 33.5. The number of nitrogens with zero attached hydrogens (tertiary/aromatic N) is 2. The lowest BCUT2D eigenvalue weighted by Gasteiger charge is -2.26. The predicted octanol–water partition coefficient (Wildman–Crippen LogP) is 6.09. The highest BCUT2D eigenvalue weighted by molar-refractivity contribution is 5.94. The first kappa shape index (κ1) is 58.3. The Morgan fingerprint density at radius 2 is 1.41 bits per heavy atom. The number of carbonyl (C=O) groups excluding carboxylic acids is 6. The Balaban J connectivity index is -0.00000205. The van der Waals surface area contributed by atoms with Crippen LogP contribution in [0.25, 0.3) is 0 Å². The smallest absolute Gasteiger partial charge is 0.333 e. The number of amides is 5. The fraction of sp³-hybridized carbons (Fsp3) is 0.622. The molecule has 0 saturated carbocycles. The molecule has 0 bridgehead atoms. The molecule has 0 saturated heterocycles. The molecule has 4 N–H and O–H groups in total. The van der Waals surface area contributed by atoms with Crippen LogP contribution >= 0.6 is 0 Å². The number of rotatable bonds is 20. The number of hydrogen-bond donors (Lipinski definition) is 4. The van der Waals surface area contributed by atoms with Crippen LogP contribution in [0.1, 0.15) is 114 Å². The van der Waals surface area contributed by atoms with E-state index in [0.717, 1.165) is 28.6 Å². The van der Waals surface area contributed by atoms with E-state index in [0.29, 0.717) is 24.3 Å². The van der Waals surface area contributed by atoms with E-state index in [1.54, 1.807) is 19.9 Å². The van der Waals surface area contributed by atoms with Crippen molar-refractivity contribution in [1.29, 1.82) is 0 Å². The monoisotopic (exact) mass is 832 g/mol. The Bertz CT molecular complexity index is 1470. The van der Waals surface area contributed by atoms with Crippen molar-refractivity contribution < 1.29 is 43.4 Å². The normalized spacial score (nSPS) is 12.8. The Labute approximate surface area is 355 Å². The third kappa shape index (κ3) is 30.7. The highest BCUT2D eigenvalue weighted by Gasteiger charge is 2.28. The summed E-state index contributed by atoms with van der Waals surface area (Å²) in [6.45, 7) is 23.4. The largest absolute Gasteiger partial charge is 0.480 e. The number of aliphatic carboxylic acids is 1. The van der Waals surface area contributed by atoms with Gasteiger partial charge in [-0.25, -0.2) is 4.79 Å². The molecule has 1 aromatic carbocycles. The number of esters is 1. The molecule has 14 nitrogen and oxygen atoms in total. The second-order valence-electron chi connectivity index (χ2n) is 15.1. The van der Waals surface area contributed by atoms with Gasteiger partial charge in [0.05, 0.1) is 13.1 Å². The molecule has 1 rings (SSSR count). The second-order valence-corrected chi connectivity index (χ2v) is 15.1. The fourth-order valence-electron chi connectivity index (χ4n) is 4.79. The van der Waals surface area contributed by atoms with E-state index in [9.17, 15) is 33.6 Å². The lowest BCUT2D eigenvalue weighted by atomic mass is 9.97. The van der Waals surface area contributed by atoms with Crippen molar-refractivity contribution in [3.63, 3.8) is 0 Å². The van der Waals surface area contributed by atoms with Crippen LogP contribution in [0.3, 0.4) is 0 Å². The van der Waals surface area contributed by atoms with Gasteiger partial charge in [0.2, 0.25) is 23.6 Å². The maximum Gasteiger partial charge on any atom is 0.333 e. The molecule has 1 aromatic rings. The van der Waals surface area contributed by atoms with Crippen LogP contribution in [0, 0.1) is 24.7 Å². The van der Waals surface area contributed by atoms with E-state index in [2.05, 4.69) is 75.7 Å². The summed E-state index contributed by atoms with van der Waals surface area (Å²) in [5, 5.41) is 16.0. The van der Waals surface area contributed by atoms with Crippen molar-refractivity contribution in [1.82, 2.24) is 25.8 Å². The maximum absolute atomic E-state index is 12.8. The number of nitrogens with one attached hydrogen (secondary N) is 3. The molecule has 0 aromatic heterocycles. The van der Waals surface area contributed by atoms with Crippen molar-refractivity contribution in [2.75, 3.05) is 40.3 Å². The van der Waals surface area contributed by atoms with E-state index in [1.807, 2.05) is 45.9 Å². The molecule has 5 amide bonds. The van der Waals surface area contributed by atoms with Gasteiger partial charge in [-0.1, -0.05) is 115 Å². The number of benzene rings is 1. The number of ether oxygens (including phenoxy) is 1. The quantitative estimate of drug-likeness (QED) is 0.0685. The molecule has 0 heterocycles. The first-order chi connectivity index (χ1) is 27.5. The van der Waals surface area contributed by atoms with Gasteiger partial charge in [0.25, 0.3) is 5.91 Å². The summed E-state index contributed by atoms with van der Waals surface area (Å²) >= 11 is 0. The van der Waals surface area contributed by atoms with Crippen molar-refractivity contribution in [3.8, 4) is 0 Å². The third-order valence-corrected chi connectivity index (χ3v) is 8.40. The standard InChI is InChI=1S/C32H53N5O9.C7H8.C4H10.C2H6/c1-10-20(3)15-21(4)13-12-14-23(6)32(45)46-19-26(39)34-24(7)31(44)37(9)18-27(40)36(8)17-25(38)35-29(22(5)11-2)30(43)33-16-28(41)42;1-7-5-3-2-4-6-7;1-4(2)3;1-2/h10,14,21-22,24,29H,11-13,15-19H2,1-9H3,(H,33,43)(H,34,39)(H,35,38)(H,41,42);2-6H,1H3;4H,1-3H3;1-2H3/b20-10+,23-14+;;;. The zero-order valence-corrected chi connectivity index (χ0v) is 38.7. The first-order valence-electron chi connectivity index (χ1n) is 20.6. The second kappa shape index (κ2) is 33.9. The van der Waals surface area contributed by atoms with E-state index in [1.165, 1.54) is 32.2 Å². The summed E-state index contributed by atoms with van der Waals surface area (Å²) in [5.41, 5.74) is 3.02. The third-order valence-electron chi connectivity index (χ3n) is 8.40. The maximum atomic E-state index is 12.8. The highest BCUT2D eigenvalue weighted by atomic mass is 16.5. The van der Waals surface area contributed by atoms with Gasteiger partial charge in [-0.3, -0.25) is 28.8 Å². The average Bonchev–Trinajstić information content (AvgIpc) is 3.18. The van der Waals surface area contributed by atoms with E-state index >= 15 is 0 Å². The summed E-state index contributed by atoms with van der Waals surface area (Å²) in [6, 6.07) is 8.23. The molecular formula is C45H77N5O9. The Hall–Kier alpha value is -5.01. The number of aryl methyl sites for hydroxylation is 1. The number of likely N-dealkylation sites (N-methyl/N-ethyl adjacent to an activating group) is 2. The van der Waals surface area contributed by atoms with Crippen LogP contribution in [-0.2, 0) is 38.3 Å². The van der Waals surface area contributed by atoms with Gasteiger partial charge in [0, 0.05) is 19.7 Å². The molecular weight excluding hydrogens is 755 g/mol. The minimum Gasteiger partial charge on any atom is -0.480 e. The van der Waals surface area contributed by atoms with Gasteiger partial charge in [-0.05, 0) is 71.6 Å². The van der Waals surface area contributed by atoms with E-state index < -0.39 is 79.8 Å². The lowest BCUT2D eigenvalue weighted by molar-refractivity contribution is -0.146. The molecule has 59 heavy (non-hydrogen) atoms. The van der Waals surface area contributed by atoms with Gasteiger partial charge in [-0.2, -0.15) is 0 Å². The summed E-state index contributed by atoms with van der Waals surface area (Å²) in [6.07, 6.45) is 6.98. The molecule has 0 fully saturated rings. The van der Waals surface area contributed by atoms with Crippen LogP contribution in [0.4, 0.5) is 0 Å². The molecule has 0 aliphatic heterocycles. The highest BCUT2D eigenvalue weighted by Crippen LogP contribution is 2.17. The number of allylic oxidation sites excluding steroid dienone is 3. The van der Waals surface area contributed by atoms with Gasteiger partial charge in [0.1, 0.15) is 18.6 Å². The number of carboxylic acids is 1. The summed E-state index contributed by atoms with van der Waals surface area (Å²) in [7, 11) is 2.71. The molecule has 14 heteroatoms. The van der Waals surface area contributed by atoms with Gasteiger partial charge < -0.3 is 35.6 Å². The number of hydrogen-bond acceptors (Lipinski definition) is 8. The van der Waals surface area contributed by atoms with Crippen LogP contribution in [0.2, 0.25) is 0 Å². The van der Waals surface area contributed by atoms with Crippen LogP contribution < -0.4 is 16.0 Å². The Morgan fingerprint density at radius 1 is 0.847 bits per heavy atom. The van der Waals surface area contributed by atoms with Crippen LogP contribution in [-0.4, -0.2) is 109 Å². The Morgan fingerprint density at radius 3 is 1.88 bits per heavy atom. The summed E-state index contributed by atoms with van der Waals surface area (Å²) < 4.78 is 5.06. The minimum atomic E-state index is -1.23. The zero-order chi connectivity index (χ0) is 46.2. The van der Waals surface area contributed by atoms with Crippen molar-refractivity contribution in [2.45, 2.75) is 128 Å². The molecule has 0 aliphatic carbocycles. The molecule has 4 atom stereocenters. The first-order valence-corrected chi connectivity index (χ1v) is 20.6. The van der Waals surface area contributed by atoms with Gasteiger partial charge in [-0.15, -0.1) is 0 Å². The summed E-state index contributed by atoms with van der Waals surface area (Å²) in [5.74, 6) is -4.01. The van der Waals surface area contributed by atoms with Crippen molar-refractivity contribution in [3.05, 3.63) is 59.2 Å². The zero-order valence-electron chi connectivity index (χ0n) is 38.7. The SMILES string of the molecule is C/C=C(\C)CC(C)CC/C=C(\C)C(=O)OCC(=O)NC(C)C(=O)N(C)CC(=O)N(C)CC(=O)NC(C(=O)NCC(=O)O)C(C)CC.CC.CC(C)C.Cc1ccccc1. The van der Waals surface area contributed by atoms with Crippen molar-refractivity contribution in [2.24, 2.45) is 17.8 Å². The topological polar surface area (TPSA) is 192 Å². The molecule has 336 valence electrons. The van der Waals surface area contributed by atoms with Crippen molar-refractivity contribution >= 4 is 41.5 Å². The fourth-order valence-corrected chi connectivity index (χ4v) is 4.79. The molecule has 0 radical (unpaired) electrons. The van der Waals surface area contributed by atoms with E-state index in [-0.39, 0.29) is 5.92 Å². The summed E-state index contributed by atoms with van der Waals surface area (Å²) in [4.78, 5) is 87.9. The number of carbonyl (C=O) groups is 7. The number of carboxylic acid groups (broad SMARTS) is 1. The average molecular weight is 832 g/mol. The van der Waals surface area contributed by atoms with E-state index in [4.69, 9.17) is 9.84 Å². The molecule has 0 spiro atoms. The predicted molar refractivity (Wildman–Crippen MR) is 235 cm³/mol. The molecule has 0 aliphatic rings. The molecule has 4 unspecified atom stereocenters. The van der Waals surface area contributed by atoms with Crippen LogP contribution in [0.5, 0.6) is 0 Å². The lowest BCUT2D eigenvalue weighted by Crippen LogP contribution is -2.54.